The van der Waals surface area contributed by atoms with Gasteiger partial charge in [-0.3, -0.25) is 9.59 Å². The zero-order chi connectivity index (χ0) is 14.2. The van der Waals surface area contributed by atoms with Crippen molar-refractivity contribution in [2.45, 2.75) is 25.5 Å². The molecule has 0 saturated carbocycles. The van der Waals surface area contributed by atoms with Crippen LogP contribution in [0.5, 0.6) is 0 Å². The molecule has 0 aromatic carbocycles. The second kappa shape index (κ2) is 8.53. The molecule has 0 heterocycles. The fourth-order valence-corrected chi connectivity index (χ4v) is 3.45. The third kappa shape index (κ3) is 7.00. The second-order valence-corrected chi connectivity index (χ2v) is 7.11. The molecule has 7 nitrogen and oxygen atoms in total. The quantitative estimate of drug-likeness (QED) is 0.530. The molecule has 0 aliphatic carbocycles. The van der Waals surface area contributed by atoms with E-state index in [0.717, 1.165) is 7.11 Å². The summed E-state index contributed by atoms with van der Waals surface area (Å²) in [5, 5.41) is -1.13. The summed E-state index contributed by atoms with van der Waals surface area (Å²) in [6.45, 7) is -0.477. The van der Waals surface area contributed by atoms with Gasteiger partial charge in [0.25, 0.3) is 0 Å². The highest BCUT2D eigenvalue weighted by atomic mass is 32.7. The van der Waals surface area contributed by atoms with E-state index in [1.165, 1.54) is 0 Å². The van der Waals surface area contributed by atoms with Gasteiger partial charge in [-0.2, -0.15) is 0 Å². The SMILES string of the molecule is CCOC(=O)CC(SP(=O)(O)OC)C(=O)OCC. The number of rotatable bonds is 8. The molecular weight excluding hydrogens is 283 g/mol. The molecule has 2 atom stereocenters. The van der Waals surface area contributed by atoms with Crippen molar-refractivity contribution in [3.8, 4) is 0 Å². The first-order chi connectivity index (χ1) is 8.36. The van der Waals surface area contributed by atoms with Gasteiger partial charge in [0.1, 0.15) is 5.25 Å². The van der Waals surface area contributed by atoms with Crippen molar-refractivity contribution in [1.82, 2.24) is 0 Å². The van der Waals surface area contributed by atoms with Crippen LogP contribution in [0.1, 0.15) is 20.3 Å². The molecule has 0 amide bonds. The van der Waals surface area contributed by atoms with E-state index >= 15 is 0 Å². The van der Waals surface area contributed by atoms with Crippen molar-refractivity contribution in [3.05, 3.63) is 0 Å². The Hall–Kier alpha value is -0.560. The van der Waals surface area contributed by atoms with Crippen LogP contribution in [0.2, 0.25) is 0 Å². The Morgan fingerprint density at radius 1 is 1.28 bits per heavy atom. The van der Waals surface area contributed by atoms with Crippen molar-refractivity contribution in [2.75, 3.05) is 20.3 Å². The molecule has 0 aromatic rings. The Morgan fingerprint density at radius 2 is 1.83 bits per heavy atom. The van der Waals surface area contributed by atoms with Crippen LogP contribution in [0.25, 0.3) is 0 Å². The van der Waals surface area contributed by atoms with Crippen molar-refractivity contribution >= 4 is 30.1 Å². The van der Waals surface area contributed by atoms with E-state index in [4.69, 9.17) is 4.74 Å². The molecule has 9 heteroatoms. The first-order valence-corrected chi connectivity index (χ1v) is 8.31. The van der Waals surface area contributed by atoms with E-state index in [1.54, 1.807) is 13.8 Å². The number of ether oxygens (including phenoxy) is 2. The predicted octanol–water partition coefficient (Wildman–Crippen LogP) is 1.35. The highest BCUT2D eigenvalue weighted by Crippen LogP contribution is 2.57. The minimum Gasteiger partial charge on any atom is -0.466 e. The third-order valence-electron chi connectivity index (χ3n) is 1.70. The van der Waals surface area contributed by atoms with E-state index in [0.29, 0.717) is 11.4 Å². The summed E-state index contributed by atoms with van der Waals surface area (Å²) in [5.41, 5.74) is 0. The van der Waals surface area contributed by atoms with Crippen LogP contribution in [0.4, 0.5) is 0 Å². The fourth-order valence-electron chi connectivity index (χ4n) is 0.974. The minimum absolute atomic E-state index is 0.113. The molecule has 0 fully saturated rings. The number of hydrogen-bond acceptors (Lipinski definition) is 7. The standard InChI is InChI=1S/C9H17O7PS/c1-4-15-8(10)6-7(9(11)16-5-2)18-17(12,13)14-3/h7H,4-6H2,1-3H3,(H,12,13). The average Bonchev–Trinajstić information content (AvgIpc) is 2.28. The molecule has 0 saturated heterocycles. The topological polar surface area (TPSA) is 99.1 Å². The highest BCUT2D eigenvalue weighted by Gasteiger charge is 2.33. The highest BCUT2D eigenvalue weighted by molar-refractivity contribution is 8.55. The first-order valence-electron chi connectivity index (χ1n) is 5.25. The maximum Gasteiger partial charge on any atom is 0.387 e. The zero-order valence-corrected chi connectivity index (χ0v) is 12.2. The number of hydrogen-bond donors (Lipinski definition) is 1. The van der Waals surface area contributed by atoms with Gasteiger partial charge in [-0.1, -0.05) is 0 Å². The van der Waals surface area contributed by atoms with E-state index in [-0.39, 0.29) is 19.6 Å². The van der Waals surface area contributed by atoms with Crippen LogP contribution in [-0.2, 0) is 28.2 Å². The summed E-state index contributed by atoms with van der Waals surface area (Å²) in [5.74, 6) is -1.39. The second-order valence-electron chi connectivity index (χ2n) is 3.01. The number of carbonyl (C=O) groups excluding carboxylic acids is 2. The van der Waals surface area contributed by atoms with Gasteiger partial charge >= 0.3 is 18.7 Å². The number of esters is 2. The Morgan fingerprint density at radius 3 is 2.28 bits per heavy atom. The molecule has 18 heavy (non-hydrogen) atoms. The maximum absolute atomic E-state index is 11.5. The van der Waals surface area contributed by atoms with Crippen LogP contribution in [0, 0.1) is 0 Å². The Bertz CT molecular complexity index is 333. The molecule has 0 aliphatic rings. The van der Waals surface area contributed by atoms with Gasteiger partial charge < -0.3 is 18.9 Å². The van der Waals surface area contributed by atoms with Gasteiger partial charge in [0.15, 0.2) is 0 Å². The molecule has 1 N–H and O–H groups in total. The van der Waals surface area contributed by atoms with E-state index < -0.39 is 24.0 Å². The van der Waals surface area contributed by atoms with Gasteiger partial charge in [-0.15, -0.1) is 0 Å². The molecule has 0 aromatic heterocycles. The monoisotopic (exact) mass is 300 g/mol. The van der Waals surface area contributed by atoms with Crippen molar-refractivity contribution in [2.24, 2.45) is 0 Å². The average molecular weight is 300 g/mol. The molecule has 2 unspecified atom stereocenters. The van der Waals surface area contributed by atoms with Crippen LogP contribution >= 0.6 is 18.2 Å². The van der Waals surface area contributed by atoms with Crippen molar-refractivity contribution in [1.29, 1.82) is 0 Å². The summed E-state index contributed by atoms with van der Waals surface area (Å²) < 4.78 is 25.1. The van der Waals surface area contributed by atoms with Crippen molar-refractivity contribution in [3.63, 3.8) is 0 Å². The van der Waals surface area contributed by atoms with Crippen LogP contribution < -0.4 is 0 Å². The Balaban J connectivity index is 4.67. The summed E-state index contributed by atoms with van der Waals surface area (Å²) in [7, 11) is 1.04. The summed E-state index contributed by atoms with van der Waals surface area (Å²) in [6, 6.07) is 0. The number of carbonyl (C=O) groups is 2. The summed E-state index contributed by atoms with van der Waals surface area (Å²) in [6.07, 6.45) is -0.342. The largest absolute Gasteiger partial charge is 0.466 e. The van der Waals surface area contributed by atoms with Crippen LogP contribution in [0.15, 0.2) is 0 Å². The van der Waals surface area contributed by atoms with Crippen molar-refractivity contribution < 1.29 is 33.0 Å². The molecule has 0 spiro atoms. The van der Waals surface area contributed by atoms with Crippen LogP contribution in [0.3, 0.4) is 0 Å². The zero-order valence-electron chi connectivity index (χ0n) is 10.5. The first kappa shape index (κ1) is 17.4. The van der Waals surface area contributed by atoms with E-state index in [1.807, 2.05) is 0 Å². The fraction of sp³-hybridized carbons (Fsp3) is 0.778. The molecule has 0 aliphatic heterocycles. The molecule has 0 bridgehead atoms. The lowest BCUT2D eigenvalue weighted by molar-refractivity contribution is -0.149. The lowest BCUT2D eigenvalue weighted by atomic mass is 10.3. The smallest absolute Gasteiger partial charge is 0.387 e. The molecule has 106 valence electrons. The summed E-state index contributed by atoms with van der Waals surface area (Å²) >= 11 is 0.363. The van der Waals surface area contributed by atoms with Gasteiger partial charge in [-0.05, 0) is 25.2 Å². The van der Waals surface area contributed by atoms with Gasteiger partial charge in [-0.25, -0.2) is 4.57 Å². The predicted molar refractivity (Wildman–Crippen MR) is 66.1 cm³/mol. The molecule has 0 rings (SSSR count). The van der Waals surface area contributed by atoms with Gasteiger partial charge in [0.05, 0.1) is 19.6 Å². The van der Waals surface area contributed by atoms with Gasteiger partial charge in [0, 0.05) is 7.11 Å². The molecule has 0 radical (unpaired) electrons. The Kier molecular flexibility index (Phi) is 8.26. The third-order valence-corrected chi connectivity index (χ3v) is 5.05. The van der Waals surface area contributed by atoms with E-state index in [9.17, 15) is 19.0 Å². The normalized spacial score (nSPS) is 15.6. The Labute approximate surface area is 109 Å². The van der Waals surface area contributed by atoms with Crippen LogP contribution in [-0.4, -0.2) is 42.4 Å². The lowest BCUT2D eigenvalue weighted by Crippen LogP contribution is -2.24. The molecular formula is C9H17O7PS. The lowest BCUT2D eigenvalue weighted by Gasteiger charge is -2.16. The van der Waals surface area contributed by atoms with Gasteiger partial charge in [0.2, 0.25) is 0 Å². The van der Waals surface area contributed by atoms with E-state index in [2.05, 4.69) is 9.26 Å². The maximum atomic E-state index is 11.5. The minimum atomic E-state index is -3.97. The summed E-state index contributed by atoms with van der Waals surface area (Å²) in [4.78, 5) is 32.1.